The minimum absolute atomic E-state index is 0.0195. The molecule has 162 valence electrons. The van der Waals surface area contributed by atoms with E-state index in [1.165, 1.54) is 6.20 Å². The highest BCUT2D eigenvalue weighted by Gasteiger charge is 2.14. The van der Waals surface area contributed by atoms with Crippen LogP contribution in [-0.4, -0.2) is 38.6 Å². The zero-order valence-corrected chi connectivity index (χ0v) is 18.1. The highest BCUT2D eigenvalue weighted by molar-refractivity contribution is 5.84. The van der Waals surface area contributed by atoms with Crippen LogP contribution in [0.3, 0.4) is 0 Å². The Morgan fingerprint density at radius 2 is 2.09 bits per heavy atom. The molecule has 4 aromatic rings. The van der Waals surface area contributed by atoms with E-state index >= 15 is 0 Å². The number of pyridine rings is 1. The van der Waals surface area contributed by atoms with Gasteiger partial charge in [0.1, 0.15) is 22.9 Å². The number of aromatic nitrogens is 4. The maximum atomic E-state index is 12.3. The normalized spacial score (nSPS) is 10.9. The van der Waals surface area contributed by atoms with Gasteiger partial charge in [-0.1, -0.05) is 18.2 Å². The number of nitriles is 1. The Bertz CT molecular complexity index is 1320. The summed E-state index contributed by atoms with van der Waals surface area (Å²) in [6.45, 7) is 4.86. The second-order valence-electron chi connectivity index (χ2n) is 7.55. The minimum atomic E-state index is -0.0195. The molecule has 0 bridgehead atoms. The molecule has 0 aliphatic rings. The van der Waals surface area contributed by atoms with Crippen molar-refractivity contribution in [2.24, 2.45) is 0 Å². The lowest BCUT2D eigenvalue weighted by molar-refractivity contribution is -0.121. The summed E-state index contributed by atoms with van der Waals surface area (Å²) >= 11 is 0. The number of nitrogens with one attached hydrogen (secondary N) is 1. The number of amides is 1. The number of ether oxygens (including phenoxy) is 1. The van der Waals surface area contributed by atoms with Gasteiger partial charge in [-0.2, -0.15) is 10.4 Å². The smallest absolute Gasteiger partial charge is 0.220 e. The second-order valence-corrected chi connectivity index (χ2v) is 7.55. The van der Waals surface area contributed by atoms with Gasteiger partial charge in [-0.15, -0.1) is 0 Å². The monoisotopic (exact) mass is 428 g/mol. The molecular formula is C24H24N6O2. The van der Waals surface area contributed by atoms with Gasteiger partial charge < -0.3 is 10.1 Å². The van der Waals surface area contributed by atoms with Gasteiger partial charge in [0.25, 0.3) is 0 Å². The van der Waals surface area contributed by atoms with Crippen LogP contribution < -0.4 is 10.1 Å². The van der Waals surface area contributed by atoms with E-state index in [0.717, 1.165) is 33.6 Å². The van der Waals surface area contributed by atoms with Crippen molar-refractivity contribution >= 4 is 22.5 Å². The predicted molar refractivity (Wildman–Crippen MR) is 120 cm³/mol. The molecule has 8 nitrogen and oxygen atoms in total. The number of aryl methyl sites for hydroxylation is 2. The zero-order valence-electron chi connectivity index (χ0n) is 18.1. The number of fused-ring (bicyclic) bond motifs is 2. The number of nitrogens with zero attached hydrogens (tertiary/aromatic N) is 5. The van der Waals surface area contributed by atoms with Crippen molar-refractivity contribution in [1.82, 2.24) is 24.9 Å². The van der Waals surface area contributed by atoms with Crippen molar-refractivity contribution in [3.05, 3.63) is 65.2 Å². The third-order valence-corrected chi connectivity index (χ3v) is 5.43. The largest absolute Gasteiger partial charge is 0.491 e. The van der Waals surface area contributed by atoms with Crippen LogP contribution in [0.15, 0.2) is 42.7 Å². The lowest BCUT2D eigenvalue weighted by atomic mass is 10.1. The van der Waals surface area contributed by atoms with E-state index in [2.05, 4.69) is 26.5 Å². The molecule has 3 heterocycles. The highest BCUT2D eigenvalue weighted by atomic mass is 16.5. The maximum absolute atomic E-state index is 12.3. The second kappa shape index (κ2) is 9.43. The van der Waals surface area contributed by atoms with Crippen molar-refractivity contribution in [3.8, 4) is 11.8 Å². The molecule has 0 radical (unpaired) electrons. The van der Waals surface area contributed by atoms with Crippen LogP contribution in [-0.2, 0) is 11.2 Å². The first-order chi connectivity index (χ1) is 15.6. The Labute approximate surface area is 185 Å². The summed E-state index contributed by atoms with van der Waals surface area (Å²) in [5, 5.41) is 17.4. The van der Waals surface area contributed by atoms with E-state index in [4.69, 9.17) is 4.74 Å². The summed E-state index contributed by atoms with van der Waals surface area (Å²) < 4.78 is 7.52. The van der Waals surface area contributed by atoms with Crippen molar-refractivity contribution in [2.45, 2.75) is 33.1 Å². The lowest BCUT2D eigenvalue weighted by Gasteiger charge is -2.12. The fourth-order valence-corrected chi connectivity index (χ4v) is 3.75. The first-order valence-corrected chi connectivity index (χ1v) is 10.6. The lowest BCUT2D eigenvalue weighted by Crippen LogP contribution is -2.26. The summed E-state index contributed by atoms with van der Waals surface area (Å²) in [6, 6.07) is 11.9. The van der Waals surface area contributed by atoms with Gasteiger partial charge in [0.15, 0.2) is 5.65 Å². The van der Waals surface area contributed by atoms with E-state index in [-0.39, 0.29) is 5.91 Å². The number of hydrogen-bond donors (Lipinski definition) is 1. The molecule has 8 heteroatoms. The number of carbonyl (C=O) groups is 1. The Morgan fingerprint density at radius 1 is 1.25 bits per heavy atom. The Morgan fingerprint density at radius 3 is 2.94 bits per heavy atom. The predicted octanol–water partition coefficient (Wildman–Crippen LogP) is 3.28. The molecule has 0 aliphatic carbocycles. The van der Waals surface area contributed by atoms with Crippen molar-refractivity contribution in [2.75, 3.05) is 13.2 Å². The maximum Gasteiger partial charge on any atom is 0.220 e. The average molecular weight is 428 g/mol. The van der Waals surface area contributed by atoms with Gasteiger partial charge >= 0.3 is 0 Å². The first-order valence-electron chi connectivity index (χ1n) is 10.6. The van der Waals surface area contributed by atoms with Crippen LogP contribution >= 0.6 is 0 Å². The van der Waals surface area contributed by atoms with E-state index < -0.39 is 0 Å². The van der Waals surface area contributed by atoms with Crippen LogP contribution in [0.1, 0.15) is 35.4 Å². The van der Waals surface area contributed by atoms with Gasteiger partial charge in [-0.3, -0.25) is 9.78 Å². The molecule has 1 amide bonds. The fourth-order valence-electron chi connectivity index (χ4n) is 3.75. The average Bonchev–Trinajstić information content (AvgIpc) is 3.21. The molecule has 1 N–H and O–H groups in total. The quantitative estimate of drug-likeness (QED) is 0.432. The summed E-state index contributed by atoms with van der Waals surface area (Å²) in [5.41, 5.74) is 4.54. The molecule has 0 saturated carbocycles. The first kappa shape index (κ1) is 21.2. The molecule has 1 aromatic carbocycles. The summed E-state index contributed by atoms with van der Waals surface area (Å²) in [4.78, 5) is 21.2. The van der Waals surface area contributed by atoms with Gasteiger partial charge in [0, 0.05) is 35.9 Å². The molecule has 3 aromatic heterocycles. The van der Waals surface area contributed by atoms with Crippen LogP contribution in [0, 0.1) is 25.2 Å². The van der Waals surface area contributed by atoms with Crippen LogP contribution in [0.5, 0.6) is 5.75 Å². The molecule has 0 atom stereocenters. The van der Waals surface area contributed by atoms with Crippen LogP contribution in [0.2, 0.25) is 0 Å². The molecule has 0 unspecified atom stereocenters. The van der Waals surface area contributed by atoms with Crippen molar-refractivity contribution in [3.63, 3.8) is 0 Å². The SMILES string of the molecule is Cc1nc2c(C#N)cnn2c(C)c1CCC(=O)NCCCOc1cccc2cccnc12. The Hall–Kier alpha value is -3.99. The number of para-hydroxylation sites is 1. The number of carbonyl (C=O) groups excluding carboxylic acids is 1. The van der Waals surface area contributed by atoms with Crippen LogP contribution in [0.25, 0.3) is 16.6 Å². The van der Waals surface area contributed by atoms with E-state index in [9.17, 15) is 10.1 Å². The van der Waals surface area contributed by atoms with Gasteiger partial charge in [0.05, 0.1) is 12.8 Å². The highest BCUT2D eigenvalue weighted by Crippen LogP contribution is 2.23. The van der Waals surface area contributed by atoms with E-state index in [1.807, 2.05) is 44.2 Å². The molecule has 0 saturated heterocycles. The van der Waals surface area contributed by atoms with Gasteiger partial charge in [0.2, 0.25) is 5.91 Å². The molecule has 32 heavy (non-hydrogen) atoms. The van der Waals surface area contributed by atoms with E-state index in [1.54, 1.807) is 10.7 Å². The third kappa shape index (κ3) is 4.37. The minimum Gasteiger partial charge on any atom is -0.491 e. The summed E-state index contributed by atoms with van der Waals surface area (Å²) in [6.07, 6.45) is 4.88. The van der Waals surface area contributed by atoms with Gasteiger partial charge in [-0.25, -0.2) is 9.50 Å². The molecule has 0 spiro atoms. The standard InChI is InChI=1S/C24H24N6O2/c1-16-20(17(2)30-24(29-16)19(14-25)15-28-30)9-10-22(31)26-12-5-13-32-21-8-3-6-18-7-4-11-27-23(18)21/h3-4,6-8,11,15H,5,9-10,12-13H2,1-2H3,(H,26,31). The number of rotatable bonds is 8. The van der Waals surface area contributed by atoms with E-state index in [0.29, 0.717) is 43.6 Å². The zero-order chi connectivity index (χ0) is 22.5. The number of hydrogen-bond acceptors (Lipinski definition) is 6. The molecule has 0 aliphatic heterocycles. The third-order valence-electron chi connectivity index (χ3n) is 5.43. The molecule has 0 fully saturated rings. The topological polar surface area (TPSA) is 105 Å². The molecule has 4 rings (SSSR count). The Balaban J connectivity index is 1.26. The number of benzene rings is 1. The fraction of sp³-hybridized carbons (Fsp3) is 0.292. The molecular weight excluding hydrogens is 404 g/mol. The Kier molecular flexibility index (Phi) is 6.26. The van der Waals surface area contributed by atoms with Crippen LogP contribution in [0.4, 0.5) is 0 Å². The van der Waals surface area contributed by atoms with Gasteiger partial charge in [-0.05, 0) is 44.4 Å². The summed E-state index contributed by atoms with van der Waals surface area (Å²) in [5.74, 6) is 0.732. The van der Waals surface area contributed by atoms with Crippen molar-refractivity contribution in [1.29, 1.82) is 5.26 Å². The summed E-state index contributed by atoms with van der Waals surface area (Å²) in [7, 11) is 0. The van der Waals surface area contributed by atoms with Crippen molar-refractivity contribution < 1.29 is 9.53 Å².